The van der Waals surface area contributed by atoms with Crippen LogP contribution in [-0.4, -0.2) is 25.5 Å². The van der Waals surface area contributed by atoms with Crippen LogP contribution in [-0.2, 0) is 13.1 Å². The first-order chi connectivity index (χ1) is 14.5. The number of aryl methyl sites for hydroxylation is 2. The Morgan fingerprint density at radius 1 is 0.967 bits per heavy atom. The lowest BCUT2D eigenvalue weighted by Crippen LogP contribution is -2.13. The van der Waals surface area contributed by atoms with Crippen molar-refractivity contribution in [2.24, 2.45) is 0 Å². The first kappa shape index (κ1) is 19.6. The second kappa shape index (κ2) is 8.32. The van der Waals surface area contributed by atoms with Crippen molar-refractivity contribution in [3.8, 4) is 0 Å². The molecular weight excluding hydrogens is 381 g/mol. The first-order valence-electron chi connectivity index (χ1n) is 9.65. The van der Waals surface area contributed by atoms with Crippen molar-refractivity contribution in [3.05, 3.63) is 101 Å². The Balaban J connectivity index is 1.42. The minimum Gasteiger partial charge on any atom is -0.305 e. The predicted molar refractivity (Wildman–Crippen MR) is 113 cm³/mol. The monoisotopic (exact) mass is 403 g/mol. The lowest BCUT2D eigenvalue weighted by molar-refractivity contribution is 0.102. The Morgan fingerprint density at radius 3 is 2.50 bits per heavy atom. The largest absolute Gasteiger partial charge is 0.305 e. The molecule has 0 bridgehead atoms. The van der Waals surface area contributed by atoms with Gasteiger partial charge in [-0.2, -0.15) is 10.2 Å². The van der Waals surface area contributed by atoms with Crippen molar-refractivity contribution in [3.63, 3.8) is 0 Å². The summed E-state index contributed by atoms with van der Waals surface area (Å²) in [5, 5.41) is 11.7. The van der Waals surface area contributed by atoms with E-state index in [1.807, 2.05) is 42.8 Å². The summed E-state index contributed by atoms with van der Waals surface area (Å²) in [6, 6.07) is 17.5. The molecule has 0 aliphatic carbocycles. The SMILES string of the molecule is Cc1cc(C)n(Cc2cccc(C(=O)Nc3ccn(Cc4ccc(F)cc4)n3)c2)n1. The van der Waals surface area contributed by atoms with Crippen molar-refractivity contribution in [2.75, 3.05) is 5.32 Å². The van der Waals surface area contributed by atoms with Gasteiger partial charge in [-0.3, -0.25) is 14.2 Å². The van der Waals surface area contributed by atoms with E-state index in [2.05, 4.69) is 15.5 Å². The molecule has 0 radical (unpaired) electrons. The van der Waals surface area contributed by atoms with E-state index in [0.29, 0.717) is 24.5 Å². The summed E-state index contributed by atoms with van der Waals surface area (Å²) in [4.78, 5) is 12.7. The number of rotatable bonds is 6. The Morgan fingerprint density at radius 2 is 1.77 bits per heavy atom. The fraction of sp³-hybridized carbons (Fsp3) is 0.174. The summed E-state index contributed by atoms with van der Waals surface area (Å²) < 4.78 is 16.6. The van der Waals surface area contributed by atoms with Crippen LogP contribution >= 0.6 is 0 Å². The van der Waals surface area contributed by atoms with Gasteiger partial charge in [0, 0.05) is 23.5 Å². The fourth-order valence-corrected chi connectivity index (χ4v) is 3.30. The third-order valence-corrected chi connectivity index (χ3v) is 4.76. The molecular formula is C23H22FN5O. The fourth-order valence-electron chi connectivity index (χ4n) is 3.30. The molecule has 1 amide bonds. The van der Waals surface area contributed by atoms with Gasteiger partial charge in [-0.15, -0.1) is 0 Å². The molecule has 2 aromatic heterocycles. The molecule has 2 heterocycles. The maximum absolute atomic E-state index is 13.0. The van der Waals surface area contributed by atoms with E-state index in [1.54, 1.807) is 35.1 Å². The summed E-state index contributed by atoms with van der Waals surface area (Å²) in [7, 11) is 0. The molecule has 0 aliphatic rings. The van der Waals surface area contributed by atoms with Gasteiger partial charge >= 0.3 is 0 Å². The standard InChI is InChI=1S/C23H22FN5O/c1-16-12-17(2)29(26-16)15-19-4-3-5-20(13-19)23(30)25-22-10-11-28(27-22)14-18-6-8-21(24)9-7-18/h3-13H,14-15H2,1-2H3,(H,25,27,30). The molecule has 0 atom stereocenters. The highest BCUT2D eigenvalue weighted by molar-refractivity contribution is 6.03. The molecule has 0 aliphatic heterocycles. The average Bonchev–Trinajstić information content (AvgIpc) is 3.29. The van der Waals surface area contributed by atoms with E-state index in [-0.39, 0.29) is 11.7 Å². The van der Waals surface area contributed by atoms with Gasteiger partial charge in [0.25, 0.3) is 5.91 Å². The molecule has 152 valence electrons. The number of benzene rings is 2. The minimum atomic E-state index is -0.271. The molecule has 4 rings (SSSR count). The number of aromatic nitrogens is 4. The molecule has 4 aromatic rings. The van der Waals surface area contributed by atoms with Crippen LogP contribution in [0.5, 0.6) is 0 Å². The van der Waals surface area contributed by atoms with Crippen molar-refractivity contribution < 1.29 is 9.18 Å². The Bertz CT molecular complexity index is 1180. The van der Waals surface area contributed by atoms with Crippen LogP contribution in [0.3, 0.4) is 0 Å². The average molecular weight is 403 g/mol. The van der Waals surface area contributed by atoms with E-state index in [1.165, 1.54) is 12.1 Å². The molecule has 30 heavy (non-hydrogen) atoms. The highest BCUT2D eigenvalue weighted by Crippen LogP contribution is 2.13. The molecule has 0 saturated carbocycles. The molecule has 0 unspecified atom stereocenters. The van der Waals surface area contributed by atoms with Gasteiger partial charge in [-0.05, 0) is 55.3 Å². The van der Waals surface area contributed by atoms with Crippen LogP contribution in [0.15, 0.2) is 66.9 Å². The van der Waals surface area contributed by atoms with Gasteiger partial charge in [0.1, 0.15) is 5.82 Å². The molecule has 7 heteroatoms. The summed E-state index contributed by atoms with van der Waals surface area (Å²) in [6.45, 7) is 5.07. The van der Waals surface area contributed by atoms with Crippen LogP contribution in [0.4, 0.5) is 10.2 Å². The number of carbonyl (C=O) groups excluding carboxylic acids is 1. The topological polar surface area (TPSA) is 64.7 Å². The quantitative estimate of drug-likeness (QED) is 0.525. The molecule has 6 nitrogen and oxygen atoms in total. The Labute approximate surface area is 174 Å². The van der Waals surface area contributed by atoms with E-state index in [9.17, 15) is 9.18 Å². The van der Waals surface area contributed by atoms with Gasteiger partial charge in [0.05, 0.1) is 18.8 Å². The van der Waals surface area contributed by atoms with Gasteiger partial charge < -0.3 is 5.32 Å². The summed E-state index contributed by atoms with van der Waals surface area (Å²) >= 11 is 0. The summed E-state index contributed by atoms with van der Waals surface area (Å²) in [6.07, 6.45) is 1.78. The number of anilines is 1. The summed E-state index contributed by atoms with van der Waals surface area (Å²) in [5.41, 5.74) is 4.53. The van der Waals surface area contributed by atoms with Crippen molar-refractivity contribution in [1.82, 2.24) is 19.6 Å². The van der Waals surface area contributed by atoms with Crippen LogP contribution < -0.4 is 5.32 Å². The highest BCUT2D eigenvalue weighted by Gasteiger charge is 2.10. The zero-order valence-electron chi connectivity index (χ0n) is 16.8. The Kier molecular flexibility index (Phi) is 5.43. The van der Waals surface area contributed by atoms with E-state index in [0.717, 1.165) is 22.5 Å². The lowest BCUT2D eigenvalue weighted by Gasteiger charge is -2.07. The maximum atomic E-state index is 13.0. The number of carbonyl (C=O) groups is 1. The molecule has 0 spiro atoms. The van der Waals surface area contributed by atoms with Crippen LogP contribution in [0.25, 0.3) is 0 Å². The van der Waals surface area contributed by atoms with E-state index < -0.39 is 0 Å². The minimum absolute atomic E-state index is 0.225. The number of nitrogens with one attached hydrogen (secondary N) is 1. The molecule has 0 fully saturated rings. The number of amides is 1. The van der Waals surface area contributed by atoms with Crippen LogP contribution in [0.2, 0.25) is 0 Å². The second-order valence-electron chi connectivity index (χ2n) is 7.26. The van der Waals surface area contributed by atoms with Gasteiger partial charge in [0.15, 0.2) is 5.82 Å². The van der Waals surface area contributed by atoms with Crippen LogP contribution in [0.1, 0.15) is 32.9 Å². The second-order valence-corrected chi connectivity index (χ2v) is 7.26. The van der Waals surface area contributed by atoms with Gasteiger partial charge in [-0.1, -0.05) is 24.3 Å². The predicted octanol–water partition coefficient (Wildman–Crippen LogP) is 4.18. The van der Waals surface area contributed by atoms with Gasteiger partial charge in [-0.25, -0.2) is 4.39 Å². The smallest absolute Gasteiger partial charge is 0.256 e. The van der Waals surface area contributed by atoms with Crippen molar-refractivity contribution in [2.45, 2.75) is 26.9 Å². The molecule has 1 N–H and O–H groups in total. The first-order valence-corrected chi connectivity index (χ1v) is 9.65. The molecule has 2 aromatic carbocycles. The third kappa shape index (κ3) is 4.63. The Hall–Kier alpha value is -3.74. The lowest BCUT2D eigenvalue weighted by atomic mass is 10.1. The number of hydrogen-bond donors (Lipinski definition) is 1. The molecule has 0 saturated heterocycles. The van der Waals surface area contributed by atoms with Crippen molar-refractivity contribution >= 4 is 11.7 Å². The maximum Gasteiger partial charge on any atom is 0.256 e. The number of nitrogens with zero attached hydrogens (tertiary/aromatic N) is 4. The van der Waals surface area contributed by atoms with Crippen molar-refractivity contribution in [1.29, 1.82) is 0 Å². The van der Waals surface area contributed by atoms with Crippen LogP contribution in [0, 0.1) is 19.7 Å². The normalized spacial score (nSPS) is 10.9. The zero-order valence-corrected chi connectivity index (χ0v) is 16.8. The van der Waals surface area contributed by atoms with E-state index >= 15 is 0 Å². The van der Waals surface area contributed by atoms with Gasteiger partial charge in [0.2, 0.25) is 0 Å². The number of hydrogen-bond acceptors (Lipinski definition) is 3. The zero-order chi connectivity index (χ0) is 21.1. The summed E-state index contributed by atoms with van der Waals surface area (Å²) in [5.74, 6) is -0.0319. The number of halogens is 1. The highest BCUT2D eigenvalue weighted by atomic mass is 19.1. The van der Waals surface area contributed by atoms with E-state index in [4.69, 9.17) is 0 Å². The third-order valence-electron chi connectivity index (χ3n) is 4.76.